The number of anilines is 1. The molecule has 30 heavy (non-hydrogen) atoms. The molecule has 2 heterocycles. The molecule has 0 saturated carbocycles. The molecule has 2 aliphatic rings. The van der Waals surface area contributed by atoms with E-state index in [-0.39, 0.29) is 29.8 Å². The quantitative estimate of drug-likeness (QED) is 0.646. The molecule has 2 fully saturated rings. The summed E-state index contributed by atoms with van der Waals surface area (Å²) < 4.78 is 13.3. The zero-order chi connectivity index (χ0) is 20.2. The zero-order valence-electron chi connectivity index (χ0n) is 16.7. The third kappa shape index (κ3) is 5.80. The number of rotatable bonds is 6. The summed E-state index contributed by atoms with van der Waals surface area (Å²) in [4.78, 5) is 24.6. The van der Waals surface area contributed by atoms with E-state index in [1.54, 1.807) is 12.1 Å². The summed E-state index contributed by atoms with van der Waals surface area (Å²) in [5.74, 6) is -0.279. The van der Waals surface area contributed by atoms with E-state index in [2.05, 4.69) is 16.0 Å². The second kappa shape index (κ2) is 10.0. The van der Waals surface area contributed by atoms with E-state index in [0.717, 1.165) is 18.4 Å². The Morgan fingerprint density at radius 1 is 1.03 bits per heavy atom. The van der Waals surface area contributed by atoms with Gasteiger partial charge < -0.3 is 16.0 Å². The molecule has 0 aliphatic carbocycles. The van der Waals surface area contributed by atoms with E-state index in [0.29, 0.717) is 36.7 Å². The number of benzene rings is 2. The number of halogens is 2. The van der Waals surface area contributed by atoms with E-state index >= 15 is 0 Å². The molecule has 0 radical (unpaired) electrons. The topological polar surface area (TPSA) is 70.2 Å². The highest BCUT2D eigenvalue weighted by Gasteiger charge is 2.34. The molecule has 7 heteroatoms. The number of fused-ring (bicyclic) bond motifs is 2. The zero-order valence-corrected chi connectivity index (χ0v) is 17.5. The molecule has 2 atom stereocenters. The van der Waals surface area contributed by atoms with Crippen molar-refractivity contribution in [2.24, 2.45) is 5.92 Å². The second-order valence-electron chi connectivity index (χ2n) is 8.12. The van der Waals surface area contributed by atoms with E-state index in [1.807, 2.05) is 18.2 Å². The number of piperidine rings is 1. The molecule has 2 aromatic carbocycles. The Morgan fingerprint density at radius 2 is 1.77 bits per heavy atom. The monoisotopic (exact) mass is 431 g/mol. The first-order chi connectivity index (χ1) is 14.0. The highest BCUT2D eigenvalue weighted by atomic mass is 35.5. The van der Waals surface area contributed by atoms with E-state index in [9.17, 15) is 14.0 Å². The third-order valence-electron chi connectivity index (χ3n) is 5.81. The van der Waals surface area contributed by atoms with Crippen molar-refractivity contribution in [2.45, 2.75) is 50.7 Å². The Morgan fingerprint density at radius 3 is 2.50 bits per heavy atom. The first kappa shape index (κ1) is 22.2. The standard InChI is InChI=1S/C23H26FN3O2.ClH/c24-18-5-2-4-17(13-18)23(29)27-19-6-1-3-15(9-19)14-25-22(28)12-16-10-20-7-8-21(11-16)26-20;/h1-6,9,13,16,20-21,26H,7-8,10-12,14H2,(H,25,28)(H,27,29);1H. The van der Waals surface area contributed by atoms with Gasteiger partial charge in [0.05, 0.1) is 0 Å². The van der Waals surface area contributed by atoms with Crippen LogP contribution in [0.4, 0.5) is 10.1 Å². The number of hydrogen-bond donors (Lipinski definition) is 3. The van der Waals surface area contributed by atoms with Crippen molar-refractivity contribution in [3.8, 4) is 0 Å². The lowest BCUT2D eigenvalue weighted by Gasteiger charge is -2.28. The van der Waals surface area contributed by atoms with Crippen LogP contribution in [0, 0.1) is 11.7 Å². The lowest BCUT2D eigenvalue weighted by molar-refractivity contribution is -0.122. The Kier molecular flexibility index (Phi) is 7.45. The molecular formula is C23H27ClFN3O2. The molecule has 2 aromatic rings. The van der Waals surface area contributed by atoms with Crippen molar-refractivity contribution in [2.75, 3.05) is 5.32 Å². The molecule has 4 rings (SSSR count). The van der Waals surface area contributed by atoms with Crippen LogP contribution >= 0.6 is 12.4 Å². The fourth-order valence-electron chi connectivity index (χ4n) is 4.47. The number of carbonyl (C=O) groups excluding carboxylic acids is 2. The van der Waals surface area contributed by atoms with Gasteiger partial charge in [-0.1, -0.05) is 18.2 Å². The minimum atomic E-state index is -0.448. The number of amides is 2. The summed E-state index contributed by atoms with van der Waals surface area (Å²) >= 11 is 0. The molecule has 3 N–H and O–H groups in total. The maximum Gasteiger partial charge on any atom is 0.255 e. The average molecular weight is 432 g/mol. The van der Waals surface area contributed by atoms with Gasteiger partial charge in [0.25, 0.3) is 5.91 Å². The summed E-state index contributed by atoms with van der Waals surface area (Å²) in [5.41, 5.74) is 1.78. The van der Waals surface area contributed by atoms with Gasteiger partial charge in [0.2, 0.25) is 5.91 Å². The molecule has 160 valence electrons. The summed E-state index contributed by atoms with van der Waals surface area (Å²) in [5, 5.41) is 9.37. The van der Waals surface area contributed by atoms with Crippen molar-refractivity contribution >= 4 is 29.9 Å². The largest absolute Gasteiger partial charge is 0.352 e. The second-order valence-corrected chi connectivity index (χ2v) is 8.12. The van der Waals surface area contributed by atoms with Crippen molar-refractivity contribution < 1.29 is 14.0 Å². The van der Waals surface area contributed by atoms with Crippen LogP contribution in [0.2, 0.25) is 0 Å². The van der Waals surface area contributed by atoms with Crippen LogP contribution < -0.4 is 16.0 Å². The minimum Gasteiger partial charge on any atom is -0.352 e. The molecule has 5 nitrogen and oxygen atoms in total. The molecule has 2 unspecified atom stereocenters. The van der Waals surface area contributed by atoms with Crippen LogP contribution in [-0.4, -0.2) is 23.9 Å². The van der Waals surface area contributed by atoms with Crippen molar-refractivity contribution in [3.05, 3.63) is 65.5 Å². The molecule has 2 amide bonds. The fourth-order valence-corrected chi connectivity index (χ4v) is 4.47. The normalized spacial score (nSPS) is 22.1. The van der Waals surface area contributed by atoms with E-state index in [4.69, 9.17) is 0 Å². The van der Waals surface area contributed by atoms with Gasteiger partial charge in [-0.2, -0.15) is 0 Å². The third-order valence-corrected chi connectivity index (χ3v) is 5.81. The first-order valence-corrected chi connectivity index (χ1v) is 10.2. The molecular weight excluding hydrogens is 405 g/mol. The van der Waals surface area contributed by atoms with Crippen LogP contribution in [0.1, 0.15) is 48.0 Å². The van der Waals surface area contributed by atoms with Gasteiger partial charge in [-0.05, 0) is 67.5 Å². The number of carbonyl (C=O) groups is 2. The van der Waals surface area contributed by atoms with Gasteiger partial charge in [-0.3, -0.25) is 9.59 Å². The van der Waals surface area contributed by atoms with Crippen LogP contribution in [0.3, 0.4) is 0 Å². The van der Waals surface area contributed by atoms with Gasteiger partial charge >= 0.3 is 0 Å². The van der Waals surface area contributed by atoms with Crippen LogP contribution in [-0.2, 0) is 11.3 Å². The van der Waals surface area contributed by atoms with Gasteiger partial charge in [0, 0.05) is 36.3 Å². The molecule has 2 bridgehead atoms. The Hall–Kier alpha value is -2.44. The van der Waals surface area contributed by atoms with Crippen LogP contribution in [0.15, 0.2) is 48.5 Å². The lowest BCUT2D eigenvalue weighted by Crippen LogP contribution is -2.39. The van der Waals surface area contributed by atoms with Gasteiger partial charge in [0.15, 0.2) is 0 Å². The van der Waals surface area contributed by atoms with Crippen molar-refractivity contribution in [3.63, 3.8) is 0 Å². The smallest absolute Gasteiger partial charge is 0.255 e. The maximum absolute atomic E-state index is 13.3. The van der Waals surface area contributed by atoms with E-state index < -0.39 is 5.82 Å². The molecule has 2 aliphatic heterocycles. The van der Waals surface area contributed by atoms with Crippen molar-refractivity contribution in [1.29, 1.82) is 0 Å². The van der Waals surface area contributed by atoms with Crippen molar-refractivity contribution in [1.82, 2.24) is 10.6 Å². The minimum absolute atomic E-state index is 0. The van der Waals surface area contributed by atoms with E-state index in [1.165, 1.54) is 31.0 Å². The highest BCUT2D eigenvalue weighted by molar-refractivity contribution is 6.04. The predicted molar refractivity (Wildman–Crippen MR) is 117 cm³/mol. The fraction of sp³-hybridized carbons (Fsp3) is 0.391. The lowest BCUT2D eigenvalue weighted by atomic mass is 9.89. The Bertz CT molecular complexity index is 896. The molecule has 0 spiro atoms. The SMILES string of the molecule is Cl.O=C(CC1CC2CCC(C1)N2)NCc1cccc(NC(=O)c2cccc(F)c2)c1. The highest BCUT2D eigenvalue weighted by Crippen LogP contribution is 2.32. The van der Waals surface area contributed by atoms with Gasteiger partial charge in [0.1, 0.15) is 5.82 Å². The summed E-state index contributed by atoms with van der Waals surface area (Å²) in [6, 6.07) is 14.1. The van der Waals surface area contributed by atoms with Gasteiger partial charge in [-0.25, -0.2) is 4.39 Å². The molecule has 0 aromatic heterocycles. The summed E-state index contributed by atoms with van der Waals surface area (Å²) in [6.45, 7) is 0.417. The maximum atomic E-state index is 13.3. The Labute approximate surface area is 182 Å². The molecule has 2 saturated heterocycles. The summed E-state index contributed by atoms with van der Waals surface area (Å²) in [7, 11) is 0. The van der Waals surface area contributed by atoms with Gasteiger partial charge in [-0.15, -0.1) is 12.4 Å². The average Bonchev–Trinajstić information content (AvgIpc) is 3.05. The number of hydrogen-bond acceptors (Lipinski definition) is 3. The van der Waals surface area contributed by atoms with Crippen LogP contribution in [0.25, 0.3) is 0 Å². The Balaban J connectivity index is 0.00000256. The van der Waals surface area contributed by atoms with Crippen LogP contribution in [0.5, 0.6) is 0 Å². The number of nitrogens with one attached hydrogen (secondary N) is 3. The first-order valence-electron chi connectivity index (χ1n) is 10.2. The summed E-state index contributed by atoms with van der Waals surface area (Å²) in [6.07, 6.45) is 5.22. The predicted octanol–water partition coefficient (Wildman–Crippen LogP) is 4.04.